The molecule has 1 N–H and O–H groups in total. The molecule has 0 spiro atoms. The Bertz CT molecular complexity index is 353. The molecule has 82 valence electrons. The van der Waals surface area contributed by atoms with Gasteiger partial charge in [0.15, 0.2) is 0 Å². The van der Waals surface area contributed by atoms with E-state index in [1.807, 2.05) is 11.3 Å². The zero-order valence-electron chi connectivity index (χ0n) is 8.95. The van der Waals surface area contributed by atoms with Gasteiger partial charge in [-0.3, -0.25) is 0 Å². The number of morpholine rings is 1. The van der Waals surface area contributed by atoms with Crippen LogP contribution < -0.4 is 5.32 Å². The van der Waals surface area contributed by atoms with Crippen molar-refractivity contribution in [1.82, 2.24) is 10.3 Å². The minimum Gasteiger partial charge on any atom is -0.378 e. The first-order valence-corrected chi connectivity index (χ1v) is 6.44. The monoisotopic (exact) mass is 224 g/mol. The Kier molecular flexibility index (Phi) is 2.50. The average Bonchev–Trinajstić information content (AvgIpc) is 3.04. The third-order valence-corrected chi connectivity index (χ3v) is 4.18. The normalized spacial score (nSPS) is 26.9. The molecule has 0 bridgehead atoms. The highest BCUT2D eigenvalue weighted by Gasteiger charge is 2.29. The molecule has 1 unspecified atom stereocenters. The summed E-state index contributed by atoms with van der Waals surface area (Å²) in [7, 11) is 0. The quantitative estimate of drug-likeness (QED) is 0.834. The molecule has 4 heteroatoms. The first-order chi connectivity index (χ1) is 7.34. The molecular weight excluding hydrogens is 208 g/mol. The summed E-state index contributed by atoms with van der Waals surface area (Å²) in [6.45, 7) is 4.72. The highest BCUT2D eigenvalue weighted by atomic mass is 32.1. The third kappa shape index (κ3) is 1.94. The molecule has 0 amide bonds. The minimum absolute atomic E-state index is 0.322. The Hall–Kier alpha value is -0.450. The molecule has 1 atom stereocenters. The SMILES string of the molecule is Cc1sc(C2CC2)nc1C1COCCN1. The van der Waals surface area contributed by atoms with Crippen LogP contribution in [-0.2, 0) is 4.74 Å². The van der Waals surface area contributed by atoms with Crippen molar-refractivity contribution in [2.45, 2.75) is 31.7 Å². The van der Waals surface area contributed by atoms with E-state index in [2.05, 4.69) is 12.2 Å². The second kappa shape index (κ2) is 3.85. The molecule has 1 saturated carbocycles. The van der Waals surface area contributed by atoms with Gasteiger partial charge in [-0.1, -0.05) is 0 Å². The van der Waals surface area contributed by atoms with Crippen molar-refractivity contribution in [3.8, 4) is 0 Å². The van der Waals surface area contributed by atoms with Crippen LogP contribution in [0.4, 0.5) is 0 Å². The van der Waals surface area contributed by atoms with Gasteiger partial charge < -0.3 is 10.1 Å². The molecule has 0 radical (unpaired) electrons. The van der Waals surface area contributed by atoms with E-state index >= 15 is 0 Å². The number of ether oxygens (including phenoxy) is 1. The van der Waals surface area contributed by atoms with E-state index in [9.17, 15) is 0 Å². The van der Waals surface area contributed by atoms with Gasteiger partial charge in [0.05, 0.1) is 30.0 Å². The highest BCUT2D eigenvalue weighted by Crippen LogP contribution is 2.43. The maximum Gasteiger partial charge on any atom is 0.0962 e. The van der Waals surface area contributed by atoms with Gasteiger partial charge in [0.1, 0.15) is 0 Å². The first-order valence-electron chi connectivity index (χ1n) is 5.63. The van der Waals surface area contributed by atoms with Crippen LogP contribution in [0, 0.1) is 6.92 Å². The number of nitrogens with one attached hydrogen (secondary N) is 1. The molecule has 15 heavy (non-hydrogen) atoms. The van der Waals surface area contributed by atoms with E-state index < -0.39 is 0 Å². The van der Waals surface area contributed by atoms with Crippen molar-refractivity contribution in [2.75, 3.05) is 19.8 Å². The van der Waals surface area contributed by atoms with E-state index in [-0.39, 0.29) is 0 Å². The number of nitrogens with zero attached hydrogens (tertiary/aromatic N) is 1. The lowest BCUT2D eigenvalue weighted by Crippen LogP contribution is -2.35. The van der Waals surface area contributed by atoms with Gasteiger partial charge in [0.25, 0.3) is 0 Å². The molecule has 0 aromatic carbocycles. The number of thiazole rings is 1. The minimum atomic E-state index is 0.322. The van der Waals surface area contributed by atoms with E-state index in [1.54, 1.807) is 0 Å². The van der Waals surface area contributed by atoms with Crippen LogP contribution in [0.2, 0.25) is 0 Å². The van der Waals surface area contributed by atoms with Gasteiger partial charge in [0.2, 0.25) is 0 Å². The van der Waals surface area contributed by atoms with Crippen LogP contribution >= 0.6 is 11.3 Å². The van der Waals surface area contributed by atoms with Gasteiger partial charge >= 0.3 is 0 Å². The summed E-state index contributed by atoms with van der Waals surface area (Å²) in [5.74, 6) is 0.770. The average molecular weight is 224 g/mol. The molecule has 2 heterocycles. The molecule has 1 aliphatic heterocycles. The number of hydrogen-bond acceptors (Lipinski definition) is 4. The van der Waals surface area contributed by atoms with E-state index in [0.29, 0.717) is 6.04 Å². The van der Waals surface area contributed by atoms with Crippen LogP contribution in [0.5, 0.6) is 0 Å². The zero-order chi connectivity index (χ0) is 10.3. The lowest BCUT2D eigenvalue weighted by atomic mass is 10.2. The summed E-state index contributed by atoms with van der Waals surface area (Å²) in [5, 5.41) is 4.81. The third-order valence-electron chi connectivity index (χ3n) is 3.03. The number of rotatable bonds is 2. The molecule has 3 nitrogen and oxygen atoms in total. The summed E-state index contributed by atoms with van der Waals surface area (Å²) >= 11 is 1.87. The summed E-state index contributed by atoms with van der Waals surface area (Å²) in [5.41, 5.74) is 1.22. The largest absolute Gasteiger partial charge is 0.378 e. The lowest BCUT2D eigenvalue weighted by molar-refractivity contribution is 0.0756. The maximum absolute atomic E-state index is 5.48. The number of aromatic nitrogens is 1. The van der Waals surface area contributed by atoms with Crippen LogP contribution in [0.1, 0.15) is 40.4 Å². The predicted octanol–water partition coefficient (Wildman–Crippen LogP) is 1.99. The van der Waals surface area contributed by atoms with E-state index in [1.165, 1.54) is 28.4 Å². The topological polar surface area (TPSA) is 34.1 Å². The van der Waals surface area contributed by atoms with Crippen molar-refractivity contribution >= 4 is 11.3 Å². The molecule has 1 saturated heterocycles. The second-order valence-electron chi connectivity index (χ2n) is 4.35. The van der Waals surface area contributed by atoms with Crippen molar-refractivity contribution in [2.24, 2.45) is 0 Å². The van der Waals surface area contributed by atoms with Crippen molar-refractivity contribution in [3.63, 3.8) is 0 Å². The smallest absolute Gasteiger partial charge is 0.0962 e. The Morgan fingerprint density at radius 3 is 3.00 bits per heavy atom. The number of aryl methyl sites for hydroxylation is 1. The summed E-state index contributed by atoms with van der Waals surface area (Å²) < 4.78 is 5.48. The van der Waals surface area contributed by atoms with Crippen LogP contribution in [0.25, 0.3) is 0 Å². The van der Waals surface area contributed by atoms with Gasteiger partial charge in [-0.2, -0.15) is 0 Å². The standard InChI is InChI=1S/C11H16N2OS/c1-7-10(9-6-14-5-4-12-9)13-11(15-7)8-2-3-8/h8-9,12H,2-6H2,1H3. The van der Waals surface area contributed by atoms with Crippen molar-refractivity contribution in [3.05, 3.63) is 15.6 Å². The fourth-order valence-corrected chi connectivity index (χ4v) is 3.15. The summed E-state index contributed by atoms with van der Waals surface area (Å²) in [6, 6.07) is 0.322. The van der Waals surface area contributed by atoms with Crippen LogP contribution in [0.3, 0.4) is 0 Å². The van der Waals surface area contributed by atoms with Gasteiger partial charge in [-0.25, -0.2) is 4.98 Å². The molecule has 2 aliphatic rings. The fraction of sp³-hybridized carbons (Fsp3) is 0.727. The van der Waals surface area contributed by atoms with Crippen molar-refractivity contribution in [1.29, 1.82) is 0 Å². The van der Waals surface area contributed by atoms with Crippen LogP contribution in [0.15, 0.2) is 0 Å². The van der Waals surface area contributed by atoms with Gasteiger partial charge in [-0.05, 0) is 19.8 Å². The highest BCUT2D eigenvalue weighted by molar-refractivity contribution is 7.11. The van der Waals surface area contributed by atoms with Gasteiger partial charge in [-0.15, -0.1) is 11.3 Å². The van der Waals surface area contributed by atoms with E-state index in [0.717, 1.165) is 25.7 Å². The van der Waals surface area contributed by atoms with Crippen molar-refractivity contribution < 1.29 is 4.74 Å². The predicted molar refractivity (Wildman–Crippen MR) is 60.4 cm³/mol. The zero-order valence-corrected chi connectivity index (χ0v) is 9.77. The Labute approximate surface area is 93.9 Å². The fourth-order valence-electron chi connectivity index (χ4n) is 2.00. The second-order valence-corrected chi connectivity index (χ2v) is 5.58. The summed E-state index contributed by atoms with van der Waals surface area (Å²) in [4.78, 5) is 6.13. The maximum atomic E-state index is 5.48. The summed E-state index contributed by atoms with van der Waals surface area (Å²) in [6.07, 6.45) is 2.67. The number of hydrogen-bond donors (Lipinski definition) is 1. The van der Waals surface area contributed by atoms with E-state index in [4.69, 9.17) is 9.72 Å². The molecule has 3 rings (SSSR count). The van der Waals surface area contributed by atoms with Crippen LogP contribution in [-0.4, -0.2) is 24.7 Å². The molecule has 1 aliphatic carbocycles. The van der Waals surface area contributed by atoms with Gasteiger partial charge in [0, 0.05) is 17.3 Å². The molecule has 1 aromatic heterocycles. The Morgan fingerprint density at radius 2 is 2.33 bits per heavy atom. The first kappa shape index (κ1) is 9.75. The Morgan fingerprint density at radius 1 is 1.47 bits per heavy atom. The molecule has 1 aromatic rings. The molecule has 2 fully saturated rings. The molecular formula is C11H16N2OS. The Balaban J connectivity index is 1.82. The lowest BCUT2D eigenvalue weighted by Gasteiger charge is -2.22.